The molecule has 0 aromatic carbocycles. The lowest BCUT2D eigenvalue weighted by molar-refractivity contribution is -0.143. The van der Waals surface area contributed by atoms with Crippen LogP contribution in [0.15, 0.2) is 36.5 Å². The molecule has 0 aliphatic carbocycles. The van der Waals surface area contributed by atoms with Crippen molar-refractivity contribution in [3.8, 4) is 0 Å². The Labute approximate surface area is 519 Å². The lowest BCUT2D eigenvalue weighted by Gasteiger charge is -2.20. The van der Waals surface area contributed by atoms with Gasteiger partial charge in [0.05, 0.1) is 25.4 Å². The van der Waals surface area contributed by atoms with Gasteiger partial charge in [-0.2, -0.15) is 0 Å². The summed E-state index contributed by atoms with van der Waals surface area (Å²) < 4.78 is 5.48. The standard InChI is InChI=1S/C77H147NO5/c1-3-5-7-9-11-13-15-17-19-20-21-22-23-27-30-33-36-39-42-45-49-53-57-61-65-69-75(80)74(73-79)78-76(81)70-66-62-58-54-50-46-43-40-37-34-31-28-25-24-26-29-32-35-38-41-44-48-52-56-60-64-68-72-83-77(82)71-67-63-59-55-51-47-18-16-14-12-10-8-6-4-2/h10,12,16,18,65,69,74-75,79-80H,3-9,11,13-15,17,19-64,66-68,70-73H2,1-2H3,(H,78,81)/b12-10-,18-16-,69-65+. The van der Waals surface area contributed by atoms with Crippen LogP contribution in [-0.2, 0) is 14.3 Å². The number of carbonyl (C=O) groups excluding carboxylic acids is 2. The highest BCUT2D eigenvalue weighted by molar-refractivity contribution is 5.76. The van der Waals surface area contributed by atoms with Crippen molar-refractivity contribution in [3.05, 3.63) is 36.5 Å². The van der Waals surface area contributed by atoms with Gasteiger partial charge in [0.2, 0.25) is 5.91 Å². The summed E-state index contributed by atoms with van der Waals surface area (Å²) in [7, 11) is 0. The van der Waals surface area contributed by atoms with Crippen LogP contribution in [0.25, 0.3) is 0 Å². The third-order valence-corrected chi connectivity index (χ3v) is 17.7. The van der Waals surface area contributed by atoms with Crippen molar-refractivity contribution in [1.29, 1.82) is 0 Å². The van der Waals surface area contributed by atoms with Crippen LogP contribution in [-0.4, -0.2) is 47.4 Å². The molecule has 0 aliphatic rings. The van der Waals surface area contributed by atoms with Gasteiger partial charge in [-0.15, -0.1) is 0 Å². The van der Waals surface area contributed by atoms with E-state index < -0.39 is 12.1 Å². The maximum Gasteiger partial charge on any atom is 0.305 e. The minimum Gasteiger partial charge on any atom is -0.466 e. The number of allylic oxidation sites excluding steroid dienone is 5. The third-order valence-electron chi connectivity index (χ3n) is 17.7. The monoisotopic (exact) mass is 1170 g/mol. The number of hydrogen-bond acceptors (Lipinski definition) is 5. The van der Waals surface area contributed by atoms with E-state index in [-0.39, 0.29) is 18.5 Å². The Morgan fingerprint density at radius 1 is 0.337 bits per heavy atom. The highest BCUT2D eigenvalue weighted by Gasteiger charge is 2.18. The number of amides is 1. The number of ether oxygens (including phenoxy) is 1. The van der Waals surface area contributed by atoms with E-state index in [0.717, 1.165) is 51.4 Å². The van der Waals surface area contributed by atoms with Gasteiger partial charge in [-0.3, -0.25) is 9.59 Å². The quantitative estimate of drug-likeness (QED) is 0.0320. The van der Waals surface area contributed by atoms with E-state index in [1.165, 1.54) is 340 Å². The summed E-state index contributed by atoms with van der Waals surface area (Å²) in [6.45, 7) is 4.90. The molecule has 83 heavy (non-hydrogen) atoms. The number of aliphatic hydroxyl groups is 2. The Morgan fingerprint density at radius 3 is 0.952 bits per heavy atom. The van der Waals surface area contributed by atoms with Gasteiger partial charge in [-0.05, 0) is 57.8 Å². The number of unbranched alkanes of at least 4 members (excludes halogenated alkanes) is 56. The third kappa shape index (κ3) is 69.1. The van der Waals surface area contributed by atoms with Crippen molar-refractivity contribution < 1.29 is 24.5 Å². The zero-order valence-corrected chi connectivity index (χ0v) is 56.2. The number of carbonyl (C=O) groups is 2. The van der Waals surface area contributed by atoms with Crippen molar-refractivity contribution in [3.63, 3.8) is 0 Å². The first-order valence-electron chi connectivity index (χ1n) is 37.8. The van der Waals surface area contributed by atoms with Crippen LogP contribution in [0.2, 0.25) is 0 Å². The molecule has 2 atom stereocenters. The minimum atomic E-state index is -0.845. The maximum absolute atomic E-state index is 12.6. The molecule has 0 saturated heterocycles. The smallest absolute Gasteiger partial charge is 0.305 e. The predicted molar refractivity (Wildman–Crippen MR) is 366 cm³/mol. The highest BCUT2D eigenvalue weighted by Crippen LogP contribution is 2.19. The molecule has 0 fully saturated rings. The van der Waals surface area contributed by atoms with Crippen molar-refractivity contribution in [2.24, 2.45) is 0 Å². The molecular weight excluding hydrogens is 1020 g/mol. The normalized spacial score (nSPS) is 12.7. The van der Waals surface area contributed by atoms with Gasteiger partial charge < -0.3 is 20.3 Å². The van der Waals surface area contributed by atoms with Crippen molar-refractivity contribution in [2.75, 3.05) is 13.2 Å². The van der Waals surface area contributed by atoms with Crippen LogP contribution < -0.4 is 5.32 Å². The second kappa shape index (κ2) is 72.6. The molecule has 0 radical (unpaired) electrons. The fraction of sp³-hybridized carbons (Fsp3) is 0.896. The number of aliphatic hydroxyl groups excluding tert-OH is 2. The first-order chi connectivity index (χ1) is 41.0. The van der Waals surface area contributed by atoms with Crippen LogP contribution in [0.4, 0.5) is 0 Å². The summed E-state index contributed by atoms with van der Waals surface area (Å²) in [5.74, 6) is -0.0570. The van der Waals surface area contributed by atoms with Crippen LogP contribution in [0.3, 0.4) is 0 Å². The van der Waals surface area contributed by atoms with Crippen molar-refractivity contribution in [2.45, 2.75) is 431 Å². The molecular formula is C77H147NO5. The fourth-order valence-electron chi connectivity index (χ4n) is 11.9. The summed E-state index contributed by atoms with van der Waals surface area (Å²) in [4.78, 5) is 24.6. The van der Waals surface area contributed by atoms with E-state index in [4.69, 9.17) is 4.74 Å². The van der Waals surface area contributed by atoms with Gasteiger partial charge in [0.25, 0.3) is 0 Å². The van der Waals surface area contributed by atoms with E-state index in [1.54, 1.807) is 6.08 Å². The lowest BCUT2D eigenvalue weighted by Crippen LogP contribution is -2.45. The molecule has 6 nitrogen and oxygen atoms in total. The second-order valence-electron chi connectivity index (χ2n) is 26.0. The van der Waals surface area contributed by atoms with Crippen LogP contribution >= 0.6 is 0 Å². The average Bonchev–Trinajstić information content (AvgIpc) is 3.49. The number of rotatable bonds is 71. The van der Waals surface area contributed by atoms with E-state index in [1.807, 2.05) is 6.08 Å². The number of esters is 1. The van der Waals surface area contributed by atoms with Crippen LogP contribution in [0.1, 0.15) is 418 Å². The highest BCUT2D eigenvalue weighted by atomic mass is 16.5. The van der Waals surface area contributed by atoms with Gasteiger partial charge in [0, 0.05) is 12.8 Å². The van der Waals surface area contributed by atoms with Gasteiger partial charge in [0.15, 0.2) is 0 Å². The van der Waals surface area contributed by atoms with Gasteiger partial charge in [-0.25, -0.2) is 0 Å². The van der Waals surface area contributed by atoms with Gasteiger partial charge in [0.1, 0.15) is 0 Å². The molecule has 0 aliphatic heterocycles. The first-order valence-corrected chi connectivity index (χ1v) is 37.8. The molecule has 1 amide bonds. The molecule has 2 unspecified atom stereocenters. The molecule has 490 valence electrons. The molecule has 0 heterocycles. The molecule has 0 saturated carbocycles. The Balaban J connectivity index is 3.38. The molecule has 0 rings (SSSR count). The van der Waals surface area contributed by atoms with E-state index in [2.05, 4.69) is 43.5 Å². The Bertz CT molecular complexity index is 1340. The Kier molecular flexibility index (Phi) is 70.9. The van der Waals surface area contributed by atoms with E-state index in [9.17, 15) is 19.8 Å². The van der Waals surface area contributed by atoms with Crippen LogP contribution in [0.5, 0.6) is 0 Å². The summed E-state index contributed by atoms with van der Waals surface area (Å²) in [6.07, 6.45) is 93.9. The summed E-state index contributed by atoms with van der Waals surface area (Å²) in [5, 5.41) is 23.3. The summed E-state index contributed by atoms with van der Waals surface area (Å²) >= 11 is 0. The fourth-order valence-corrected chi connectivity index (χ4v) is 11.9. The summed E-state index contributed by atoms with van der Waals surface area (Å²) in [6, 6.07) is -0.628. The van der Waals surface area contributed by atoms with Gasteiger partial charge >= 0.3 is 5.97 Å². The Hall–Kier alpha value is -1.92. The number of nitrogens with one attached hydrogen (secondary N) is 1. The maximum atomic E-state index is 12.6. The Morgan fingerprint density at radius 2 is 0.614 bits per heavy atom. The van der Waals surface area contributed by atoms with Gasteiger partial charge in [-0.1, -0.05) is 384 Å². The second-order valence-corrected chi connectivity index (χ2v) is 26.0. The molecule has 0 aromatic rings. The van der Waals surface area contributed by atoms with Crippen LogP contribution in [0, 0.1) is 0 Å². The zero-order chi connectivity index (χ0) is 59.9. The molecule has 0 spiro atoms. The average molecular weight is 1170 g/mol. The molecule has 0 bridgehead atoms. The number of hydrogen-bond donors (Lipinski definition) is 3. The van der Waals surface area contributed by atoms with Crippen molar-refractivity contribution >= 4 is 11.9 Å². The molecule has 0 aromatic heterocycles. The minimum absolute atomic E-state index is 0.00366. The molecule has 3 N–H and O–H groups in total. The largest absolute Gasteiger partial charge is 0.466 e. The molecule has 6 heteroatoms. The predicted octanol–water partition coefficient (Wildman–Crippen LogP) is 24.7. The van der Waals surface area contributed by atoms with Crippen molar-refractivity contribution in [1.82, 2.24) is 5.32 Å². The summed E-state index contributed by atoms with van der Waals surface area (Å²) in [5.41, 5.74) is 0. The topological polar surface area (TPSA) is 95.9 Å². The lowest BCUT2D eigenvalue weighted by atomic mass is 10.0. The SMILES string of the molecule is CCCC/C=C\C/C=C\CCCCCCCC(=O)OCCCCCCCCCCCCCCCCCCCCCCCCCCCCCC(=O)NC(CO)C(O)/C=C/CCCCCCCCCCCCCCCCCCCCCCCCC. The first kappa shape index (κ1) is 81.1. The van der Waals surface area contributed by atoms with E-state index in [0.29, 0.717) is 19.4 Å². The zero-order valence-electron chi connectivity index (χ0n) is 56.2. The van der Waals surface area contributed by atoms with E-state index >= 15 is 0 Å².